The maximum absolute atomic E-state index is 16.0. The highest BCUT2D eigenvalue weighted by Crippen LogP contribution is 2.47. The van der Waals surface area contributed by atoms with Crippen molar-refractivity contribution >= 4 is 38.2 Å². The standard InChI is InChI=1S/C34H30F2N6O3S/c1-5-29(44)41-16-23-13-27(39-42(23)14-18(41)2)33-31(30-25(36)11-22(35)12-28(30)45-17-19(3)43)34-24(8-9-46-34)32(37-33)20-6-7-26-21(10-20)15-40(4)38-26/h5-13,15,18-19,43H,1,14,16-17H2,2-4H3. The molecule has 2 atom stereocenters. The van der Waals surface area contributed by atoms with Gasteiger partial charge in [0.25, 0.3) is 0 Å². The molecule has 0 fully saturated rings. The average Bonchev–Trinajstić information content (AvgIpc) is 3.75. The van der Waals surface area contributed by atoms with Gasteiger partial charge in [-0.05, 0) is 49.6 Å². The van der Waals surface area contributed by atoms with Crippen LogP contribution in [-0.2, 0) is 24.9 Å². The number of carbonyl (C=O) groups is 1. The van der Waals surface area contributed by atoms with E-state index in [4.69, 9.17) is 14.8 Å². The van der Waals surface area contributed by atoms with Gasteiger partial charge in [0, 0.05) is 58.0 Å². The maximum atomic E-state index is 16.0. The number of benzene rings is 2. The number of fused-ring (bicyclic) bond motifs is 3. The van der Waals surface area contributed by atoms with E-state index >= 15 is 4.39 Å². The number of aliphatic hydroxyl groups excluding tert-OH is 1. The number of rotatable bonds is 7. The van der Waals surface area contributed by atoms with Crippen molar-refractivity contribution < 1.29 is 23.4 Å². The van der Waals surface area contributed by atoms with Crippen LogP contribution in [0.2, 0.25) is 0 Å². The summed E-state index contributed by atoms with van der Waals surface area (Å²) in [6.45, 7) is 7.71. The monoisotopic (exact) mass is 640 g/mol. The summed E-state index contributed by atoms with van der Waals surface area (Å²) in [5.41, 5.74) is 4.39. The van der Waals surface area contributed by atoms with Crippen molar-refractivity contribution in [2.45, 2.75) is 39.1 Å². The van der Waals surface area contributed by atoms with Gasteiger partial charge in [-0.15, -0.1) is 11.3 Å². The zero-order valence-corrected chi connectivity index (χ0v) is 26.2. The van der Waals surface area contributed by atoms with Gasteiger partial charge < -0.3 is 14.7 Å². The smallest absolute Gasteiger partial charge is 0.246 e. The summed E-state index contributed by atoms with van der Waals surface area (Å²) < 4.78 is 40.7. The van der Waals surface area contributed by atoms with E-state index in [0.717, 1.165) is 39.7 Å². The van der Waals surface area contributed by atoms with Gasteiger partial charge in [-0.3, -0.25) is 14.2 Å². The van der Waals surface area contributed by atoms with Crippen molar-refractivity contribution in [2.75, 3.05) is 6.61 Å². The van der Waals surface area contributed by atoms with Crippen LogP contribution >= 0.6 is 11.3 Å². The number of aliphatic hydroxyl groups is 1. The van der Waals surface area contributed by atoms with E-state index in [1.807, 2.05) is 60.6 Å². The van der Waals surface area contributed by atoms with Gasteiger partial charge >= 0.3 is 0 Å². The quantitative estimate of drug-likeness (QED) is 0.205. The fraction of sp³-hybridized carbons (Fsp3) is 0.235. The third-order valence-electron chi connectivity index (χ3n) is 8.11. The highest BCUT2D eigenvalue weighted by molar-refractivity contribution is 7.18. The molecule has 9 nitrogen and oxygen atoms in total. The van der Waals surface area contributed by atoms with Crippen LogP contribution in [-0.4, -0.2) is 59.2 Å². The highest BCUT2D eigenvalue weighted by Gasteiger charge is 2.30. The molecule has 4 aromatic heterocycles. The van der Waals surface area contributed by atoms with Crippen molar-refractivity contribution in [3.8, 4) is 39.5 Å². The van der Waals surface area contributed by atoms with Crippen LogP contribution in [0.5, 0.6) is 5.75 Å². The largest absolute Gasteiger partial charge is 0.490 e. The Morgan fingerprint density at radius 2 is 2.00 bits per heavy atom. The Hall–Kier alpha value is -4.94. The summed E-state index contributed by atoms with van der Waals surface area (Å²) in [5.74, 6) is -1.87. The number of hydrogen-bond acceptors (Lipinski definition) is 7. The number of hydrogen-bond donors (Lipinski definition) is 1. The SMILES string of the molecule is C=CC(=O)N1Cc2cc(-c3nc(-c4ccc5nn(C)cc5c4)c4ccsc4c3-c3c(F)cc(F)cc3OCC(C)O)nn2CC1C. The number of aromatic nitrogens is 5. The second-order valence-corrected chi connectivity index (χ2v) is 12.5. The molecule has 2 aromatic carbocycles. The average molecular weight is 641 g/mol. The van der Waals surface area contributed by atoms with Crippen LogP contribution < -0.4 is 4.74 Å². The van der Waals surface area contributed by atoms with Gasteiger partial charge in [-0.1, -0.05) is 12.6 Å². The Balaban J connectivity index is 1.50. The van der Waals surface area contributed by atoms with E-state index in [0.29, 0.717) is 40.4 Å². The molecule has 0 radical (unpaired) electrons. The van der Waals surface area contributed by atoms with Gasteiger partial charge in [-0.25, -0.2) is 13.8 Å². The lowest BCUT2D eigenvalue weighted by molar-refractivity contribution is -0.129. The minimum absolute atomic E-state index is 0.0223. The minimum Gasteiger partial charge on any atom is -0.490 e. The van der Waals surface area contributed by atoms with Crippen molar-refractivity contribution in [3.05, 3.63) is 84.0 Å². The topological polar surface area (TPSA) is 98.3 Å². The van der Waals surface area contributed by atoms with Crippen LogP contribution in [0.4, 0.5) is 8.78 Å². The number of carbonyl (C=O) groups excluding carboxylic acids is 1. The summed E-state index contributed by atoms with van der Waals surface area (Å²) >= 11 is 1.40. The third-order valence-corrected chi connectivity index (χ3v) is 9.05. The molecule has 46 heavy (non-hydrogen) atoms. The molecule has 5 heterocycles. The molecule has 0 spiro atoms. The summed E-state index contributed by atoms with van der Waals surface area (Å²) in [4.78, 5) is 19.5. The number of thiophene rings is 1. The zero-order valence-electron chi connectivity index (χ0n) is 25.4. The normalized spacial score (nSPS) is 15.3. The lowest BCUT2D eigenvalue weighted by Crippen LogP contribution is -2.44. The van der Waals surface area contributed by atoms with Crippen LogP contribution in [0.1, 0.15) is 19.5 Å². The van der Waals surface area contributed by atoms with E-state index in [1.165, 1.54) is 24.3 Å². The Morgan fingerprint density at radius 1 is 1.17 bits per heavy atom. The summed E-state index contributed by atoms with van der Waals surface area (Å²) in [7, 11) is 1.86. The van der Waals surface area contributed by atoms with E-state index < -0.39 is 17.7 Å². The Kier molecular flexibility index (Phi) is 7.41. The summed E-state index contributed by atoms with van der Waals surface area (Å²) in [6, 6.07) is 11.5. The van der Waals surface area contributed by atoms with E-state index in [2.05, 4.69) is 11.7 Å². The van der Waals surface area contributed by atoms with Crippen molar-refractivity contribution in [2.24, 2.45) is 7.05 Å². The van der Waals surface area contributed by atoms with Crippen LogP contribution in [0.3, 0.4) is 0 Å². The molecular weight excluding hydrogens is 610 g/mol. The second-order valence-electron chi connectivity index (χ2n) is 11.6. The first-order valence-corrected chi connectivity index (χ1v) is 15.6. The predicted molar refractivity (Wildman–Crippen MR) is 173 cm³/mol. The van der Waals surface area contributed by atoms with Gasteiger partial charge in [-0.2, -0.15) is 10.2 Å². The molecule has 7 rings (SSSR count). The molecule has 1 N–H and O–H groups in total. The Bertz CT molecular complexity index is 2170. The first-order chi connectivity index (χ1) is 22.1. The molecule has 0 aliphatic carbocycles. The van der Waals surface area contributed by atoms with Gasteiger partial charge in [0.1, 0.15) is 35.4 Å². The zero-order chi connectivity index (χ0) is 32.3. The minimum atomic E-state index is -0.869. The lowest BCUT2D eigenvalue weighted by Gasteiger charge is -2.33. The first-order valence-electron chi connectivity index (χ1n) is 14.8. The molecular formula is C34H30F2N6O3S. The van der Waals surface area contributed by atoms with E-state index in [1.54, 1.807) is 9.58 Å². The molecule has 0 saturated carbocycles. The van der Waals surface area contributed by atoms with Crippen LogP contribution in [0.25, 0.3) is 54.8 Å². The molecule has 1 amide bonds. The maximum Gasteiger partial charge on any atom is 0.246 e. The molecule has 0 saturated heterocycles. The summed E-state index contributed by atoms with van der Waals surface area (Å²) in [5, 5.41) is 23.0. The third kappa shape index (κ3) is 5.13. The lowest BCUT2D eigenvalue weighted by atomic mass is 9.96. The number of aryl methyl sites for hydroxylation is 1. The molecule has 2 unspecified atom stereocenters. The summed E-state index contributed by atoms with van der Waals surface area (Å²) in [6.07, 6.45) is 2.36. The van der Waals surface area contributed by atoms with E-state index in [9.17, 15) is 14.3 Å². The fourth-order valence-electron chi connectivity index (χ4n) is 6.02. The Morgan fingerprint density at radius 3 is 2.78 bits per heavy atom. The molecule has 0 bridgehead atoms. The van der Waals surface area contributed by atoms with Crippen LogP contribution in [0.15, 0.2) is 66.7 Å². The number of amides is 1. The van der Waals surface area contributed by atoms with E-state index in [-0.39, 0.29) is 29.9 Å². The van der Waals surface area contributed by atoms with Gasteiger partial charge in [0.05, 0.1) is 41.7 Å². The van der Waals surface area contributed by atoms with Crippen molar-refractivity contribution in [1.29, 1.82) is 0 Å². The van der Waals surface area contributed by atoms with Crippen molar-refractivity contribution in [3.63, 3.8) is 0 Å². The fourth-order valence-corrected chi connectivity index (χ4v) is 6.97. The highest BCUT2D eigenvalue weighted by atomic mass is 32.1. The Labute approximate surface area is 267 Å². The van der Waals surface area contributed by atoms with Crippen molar-refractivity contribution in [1.82, 2.24) is 29.4 Å². The first kappa shape index (κ1) is 29.8. The number of ether oxygens (including phenoxy) is 1. The van der Waals surface area contributed by atoms with Gasteiger partial charge in [0.15, 0.2) is 0 Å². The molecule has 1 aliphatic rings. The molecule has 12 heteroatoms. The second kappa shape index (κ2) is 11.5. The van der Waals surface area contributed by atoms with Gasteiger partial charge in [0.2, 0.25) is 5.91 Å². The molecule has 6 aromatic rings. The molecule has 234 valence electrons. The van der Waals surface area contributed by atoms with Crippen LogP contribution in [0, 0.1) is 11.6 Å². The number of pyridine rings is 1. The predicted octanol–water partition coefficient (Wildman–Crippen LogP) is 6.34. The number of halogens is 2. The number of nitrogens with zero attached hydrogens (tertiary/aromatic N) is 6. The molecule has 1 aliphatic heterocycles.